The van der Waals surface area contributed by atoms with Gasteiger partial charge in [-0.3, -0.25) is 9.78 Å². The van der Waals surface area contributed by atoms with E-state index in [0.717, 1.165) is 11.0 Å². The number of hydrogen-bond acceptors (Lipinski definition) is 5. The quantitative estimate of drug-likeness (QED) is 0.292. The first-order valence-electron chi connectivity index (χ1n) is 13.6. The van der Waals surface area contributed by atoms with E-state index in [1.807, 2.05) is 6.07 Å². The zero-order valence-corrected chi connectivity index (χ0v) is 23.6. The van der Waals surface area contributed by atoms with Gasteiger partial charge in [-0.05, 0) is 42.7 Å². The molecule has 0 radical (unpaired) electrons. The van der Waals surface area contributed by atoms with Crippen LogP contribution in [-0.2, 0) is 16.0 Å². The molecule has 2 aromatic carbocycles. The van der Waals surface area contributed by atoms with Crippen LogP contribution in [0.2, 0.25) is 5.02 Å². The van der Waals surface area contributed by atoms with E-state index in [0.29, 0.717) is 38.2 Å². The van der Waals surface area contributed by atoms with Crippen molar-refractivity contribution in [2.45, 2.75) is 50.1 Å². The molecule has 13 heteroatoms. The number of nitriles is 1. The van der Waals surface area contributed by atoms with Gasteiger partial charge in [0.25, 0.3) is 5.91 Å². The molecule has 228 valence electrons. The second-order valence-corrected chi connectivity index (χ2v) is 10.9. The number of carbonyl (C=O) groups excluding carboxylic acids is 1. The van der Waals surface area contributed by atoms with Crippen molar-refractivity contribution in [1.82, 2.24) is 15.2 Å². The molecular weight excluding hydrogens is 607 g/mol. The standard InChI is InChI=1S/C31H24ClF5N4O3/c32-22-11-16(15-38)5-7-20(22)21-8-6-17(19-3-1-9-39-28(19)21)12-25(30(43)44)40-29(42)27-23(33)13-18(14-24(27)34)41-10-2-4-26(41)31(35,36)37/h1,3,5-9,11,13,24-26H,2,4,10,12,14H2,(H,40,42)(H,43,44)/t24?,25-,26+/m0/s1. The topological polar surface area (TPSA) is 106 Å². The Labute approximate surface area is 253 Å². The molecule has 1 fully saturated rings. The molecule has 0 spiro atoms. The Morgan fingerprint density at radius 2 is 1.95 bits per heavy atom. The number of likely N-dealkylation sites (tertiary alicyclic amines) is 1. The average Bonchev–Trinajstić information content (AvgIpc) is 3.48. The van der Waals surface area contributed by atoms with E-state index in [1.165, 1.54) is 12.3 Å². The molecule has 1 saturated heterocycles. The van der Waals surface area contributed by atoms with E-state index in [2.05, 4.69) is 10.3 Å². The average molecular weight is 631 g/mol. The number of carbonyl (C=O) groups is 2. The summed E-state index contributed by atoms with van der Waals surface area (Å²) in [5.74, 6) is -4.13. The van der Waals surface area contributed by atoms with Gasteiger partial charge in [0.1, 0.15) is 24.1 Å². The third-order valence-corrected chi connectivity index (χ3v) is 8.08. The maximum Gasteiger partial charge on any atom is 0.408 e. The SMILES string of the molecule is N#Cc1ccc(-c2ccc(C[C@H](NC(=O)C3=C(F)C=C(N4CCC[C@@H]4C(F)(F)F)CC3F)C(=O)O)c3cccnc23)c(Cl)c1. The number of aliphatic carboxylic acids is 1. The van der Waals surface area contributed by atoms with Crippen molar-refractivity contribution in [3.05, 3.63) is 88.0 Å². The summed E-state index contributed by atoms with van der Waals surface area (Å²) in [5.41, 5.74) is 1.30. The number of carboxylic acid groups (broad SMARTS) is 1. The molecule has 44 heavy (non-hydrogen) atoms. The summed E-state index contributed by atoms with van der Waals surface area (Å²) in [6, 6.07) is 9.90. The number of alkyl halides is 4. The van der Waals surface area contributed by atoms with Gasteiger partial charge >= 0.3 is 12.1 Å². The minimum absolute atomic E-state index is 0.0301. The molecule has 3 atom stereocenters. The molecule has 5 rings (SSSR count). The van der Waals surface area contributed by atoms with Crippen LogP contribution in [0.1, 0.15) is 30.4 Å². The second-order valence-electron chi connectivity index (χ2n) is 10.5. The predicted octanol–water partition coefficient (Wildman–Crippen LogP) is 6.41. The molecule has 1 aromatic heterocycles. The third kappa shape index (κ3) is 6.10. The molecule has 1 amide bonds. The number of carboxylic acids is 1. The molecule has 2 N–H and O–H groups in total. The molecule has 2 aliphatic rings. The summed E-state index contributed by atoms with van der Waals surface area (Å²) < 4.78 is 70.4. The van der Waals surface area contributed by atoms with Gasteiger partial charge in [-0.1, -0.05) is 35.9 Å². The first-order valence-corrected chi connectivity index (χ1v) is 13.9. The summed E-state index contributed by atoms with van der Waals surface area (Å²) in [6.07, 6.45) is -5.55. The molecule has 1 aliphatic heterocycles. The van der Waals surface area contributed by atoms with E-state index in [4.69, 9.17) is 16.9 Å². The van der Waals surface area contributed by atoms with Crippen LogP contribution in [0.15, 0.2) is 71.8 Å². The van der Waals surface area contributed by atoms with Crippen molar-refractivity contribution < 1.29 is 36.6 Å². The largest absolute Gasteiger partial charge is 0.480 e. The van der Waals surface area contributed by atoms with E-state index in [9.17, 15) is 27.9 Å². The number of pyridine rings is 1. The minimum atomic E-state index is -4.58. The number of nitrogens with zero attached hydrogens (tertiary/aromatic N) is 3. The van der Waals surface area contributed by atoms with Crippen molar-refractivity contribution in [2.24, 2.45) is 0 Å². The first-order chi connectivity index (χ1) is 20.9. The van der Waals surface area contributed by atoms with Crippen LogP contribution in [0, 0.1) is 11.3 Å². The fourth-order valence-corrected chi connectivity index (χ4v) is 5.99. The first kappa shape index (κ1) is 30.9. The number of amides is 1. The molecule has 1 unspecified atom stereocenters. The van der Waals surface area contributed by atoms with Crippen LogP contribution < -0.4 is 5.32 Å². The second kappa shape index (κ2) is 12.2. The highest BCUT2D eigenvalue weighted by Crippen LogP contribution is 2.39. The van der Waals surface area contributed by atoms with Crippen LogP contribution in [0.4, 0.5) is 22.0 Å². The lowest BCUT2D eigenvalue weighted by molar-refractivity contribution is -0.172. The number of allylic oxidation sites excluding steroid dienone is 3. The summed E-state index contributed by atoms with van der Waals surface area (Å²) in [6.45, 7) is -0.0301. The van der Waals surface area contributed by atoms with E-state index < -0.39 is 54.1 Å². The maximum absolute atomic E-state index is 15.2. The van der Waals surface area contributed by atoms with Crippen molar-refractivity contribution in [1.29, 1.82) is 5.26 Å². The number of aromatic nitrogens is 1. The van der Waals surface area contributed by atoms with Crippen LogP contribution in [0.25, 0.3) is 22.0 Å². The molecule has 2 heterocycles. The summed E-state index contributed by atoms with van der Waals surface area (Å²) in [4.78, 5) is 30.5. The number of fused-ring (bicyclic) bond motifs is 1. The zero-order chi connectivity index (χ0) is 31.8. The fraction of sp³-hybridized carbons (Fsp3) is 0.290. The lowest BCUT2D eigenvalue weighted by atomic mass is 9.94. The highest BCUT2D eigenvalue weighted by atomic mass is 35.5. The Morgan fingerprint density at radius 3 is 2.61 bits per heavy atom. The highest BCUT2D eigenvalue weighted by molar-refractivity contribution is 6.33. The maximum atomic E-state index is 15.2. The van der Waals surface area contributed by atoms with Crippen molar-refractivity contribution in [3.63, 3.8) is 0 Å². The summed E-state index contributed by atoms with van der Waals surface area (Å²) >= 11 is 6.41. The predicted molar refractivity (Wildman–Crippen MR) is 152 cm³/mol. The summed E-state index contributed by atoms with van der Waals surface area (Å²) in [7, 11) is 0. The van der Waals surface area contributed by atoms with Crippen molar-refractivity contribution in [2.75, 3.05) is 6.54 Å². The number of halogens is 6. The van der Waals surface area contributed by atoms with Gasteiger partial charge in [0.2, 0.25) is 0 Å². The summed E-state index contributed by atoms with van der Waals surface area (Å²) in [5, 5.41) is 22.1. The lowest BCUT2D eigenvalue weighted by Crippen LogP contribution is -2.45. The van der Waals surface area contributed by atoms with Gasteiger partial charge in [-0.2, -0.15) is 18.4 Å². The monoisotopic (exact) mass is 630 g/mol. The molecule has 3 aromatic rings. The fourth-order valence-electron chi connectivity index (χ4n) is 5.71. The molecule has 0 bridgehead atoms. The minimum Gasteiger partial charge on any atom is -0.480 e. The normalized spacial score (nSPS) is 19.5. The zero-order valence-electron chi connectivity index (χ0n) is 22.8. The van der Waals surface area contributed by atoms with Gasteiger partial charge < -0.3 is 15.3 Å². The van der Waals surface area contributed by atoms with Gasteiger partial charge in [0.15, 0.2) is 0 Å². The van der Waals surface area contributed by atoms with Crippen LogP contribution in [-0.4, -0.2) is 57.8 Å². The number of rotatable bonds is 7. The van der Waals surface area contributed by atoms with Gasteiger partial charge in [0, 0.05) is 52.8 Å². The molecular formula is C31H24ClF5N4O3. The van der Waals surface area contributed by atoms with Crippen LogP contribution in [0.5, 0.6) is 0 Å². The Morgan fingerprint density at radius 1 is 1.20 bits per heavy atom. The van der Waals surface area contributed by atoms with E-state index in [1.54, 1.807) is 36.4 Å². The van der Waals surface area contributed by atoms with Crippen molar-refractivity contribution >= 4 is 34.4 Å². The van der Waals surface area contributed by atoms with E-state index >= 15 is 8.78 Å². The third-order valence-electron chi connectivity index (χ3n) is 7.77. The van der Waals surface area contributed by atoms with Gasteiger partial charge in [-0.15, -0.1) is 0 Å². The Balaban J connectivity index is 1.41. The number of hydrogen-bond donors (Lipinski definition) is 2. The molecule has 7 nitrogen and oxygen atoms in total. The van der Waals surface area contributed by atoms with E-state index in [-0.39, 0.29) is 31.5 Å². The molecule has 1 aliphatic carbocycles. The molecule has 0 saturated carbocycles. The number of nitrogens with one attached hydrogen (secondary N) is 1. The van der Waals surface area contributed by atoms with Crippen LogP contribution in [0.3, 0.4) is 0 Å². The highest BCUT2D eigenvalue weighted by Gasteiger charge is 2.47. The van der Waals surface area contributed by atoms with Gasteiger partial charge in [-0.25, -0.2) is 13.6 Å². The Hall–Kier alpha value is -4.50. The Kier molecular flexibility index (Phi) is 8.61. The number of benzene rings is 2. The van der Waals surface area contributed by atoms with Crippen molar-refractivity contribution in [3.8, 4) is 17.2 Å². The Bertz CT molecular complexity index is 1750. The van der Waals surface area contributed by atoms with Gasteiger partial charge in [0.05, 0.1) is 22.7 Å². The lowest BCUT2D eigenvalue weighted by Gasteiger charge is -2.33. The smallest absolute Gasteiger partial charge is 0.408 e. The van der Waals surface area contributed by atoms with Crippen LogP contribution >= 0.6 is 11.6 Å².